The summed E-state index contributed by atoms with van der Waals surface area (Å²) in [5, 5.41) is 0. The van der Waals surface area contributed by atoms with E-state index in [9.17, 15) is 13.2 Å². The fourth-order valence-corrected chi connectivity index (χ4v) is 5.79. The average Bonchev–Trinajstić information content (AvgIpc) is 2.67. The lowest BCUT2D eigenvalue weighted by Crippen LogP contribution is -2.47. The zero-order valence-corrected chi connectivity index (χ0v) is 17.2. The van der Waals surface area contributed by atoms with Crippen molar-refractivity contribution in [1.29, 1.82) is 0 Å². The van der Waals surface area contributed by atoms with E-state index in [-0.39, 0.29) is 11.8 Å². The van der Waals surface area contributed by atoms with Crippen molar-refractivity contribution in [1.82, 2.24) is 14.1 Å². The molecular formula is C20H31N3O3S. The predicted molar refractivity (Wildman–Crippen MR) is 106 cm³/mol. The van der Waals surface area contributed by atoms with E-state index in [1.54, 1.807) is 16.4 Å². The van der Waals surface area contributed by atoms with Crippen molar-refractivity contribution in [2.24, 2.45) is 5.92 Å². The van der Waals surface area contributed by atoms with Gasteiger partial charge >= 0.3 is 0 Å². The number of likely N-dealkylation sites (N-methyl/N-ethyl adjacent to an activating group) is 1. The highest BCUT2D eigenvalue weighted by Crippen LogP contribution is 2.27. The summed E-state index contributed by atoms with van der Waals surface area (Å²) in [7, 11) is -1.38. The average molecular weight is 394 g/mol. The van der Waals surface area contributed by atoms with Crippen LogP contribution in [0.2, 0.25) is 0 Å². The maximum Gasteiger partial charge on any atom is 0.243 e. The van der Waals surface area contributed by atoms with Gasteiger partial charge < -0.3 is 9.80 Å². The van der Waals surface area contributed by atoms with Crippen LogP contribution in [0.1, 0.15) is 31.2 Å². The summed E-state index contributed by atoms with van der Waals surface area (Å²) in [6.45, 7) is 6.38. The molecule has 2 saturated heterocycles. The first-order valence-electron chi connectivity index (χ1n) is 9.90. The maximum absolute atomic E-state index is 13.0. The van der Waals surface area contributed by atoms with Gasteiger partial charge in [-0.3, -0.25) is 4.79 Å². The molecule has 1 unspecified atom stereocenters. The number of nitrogens with zero attached hydrogens (tertiary/aromatic N) is 3. The van der Waals surface area contributed by atoms with Gasteiger partial charge in [0.15, 0.2) is 0 Å². The zero-order chi connectivity index (χ0) is 19.4. The summed E-state index contributed by atoms with van der Waals surface area (Å²) < 4.78 is 27.6. The maximum atomic E-state index is 13.0. The molecule has 150 valence electrons. The SMILES string of the molecule is Cc1ccccc1S(=O)(=O)N1CCCC(CCC(=O)N2CCN(C)CC2)C1. The van der Waals surface area contributed by atoms with Gasteiger partial charge in [0.05, 0.1) is 4.90 Å². The Labute approximate surface area is 163 Å². The first-order valence-corrected chi connectivity index (χ1v) is 11.3. The van der Waals surface area contributed by atoms with Crippen LogP contribution in [0.3, 0.4) is 0 Å². The van der Waals surface area contributed by atoms with Crippen LogP contribution < -0.4 is 0 Å². The molecule has 1 aromatic rings. The first kappa shape index (κ1) is 20.3. The largest absolute Gasteiger partial charge is 0.340 e. The number of sulfonamides is 1. The van der Waals surface area contributed by atoms with E-state index in [4.69, 9.17) is 0 Å². The van der Waals surface area contributed by atoms with Crippen molar-refractivity contribution in [3.8, 4) is 0 Å². The zero-order valence-electron chi connectivity index (χ0n) is 16.4. The molecule has 0 bridgehead atoms. The molecule has 0 radical (unpaired) electrons. The molecule has 27 heavy (non-hydrogen) atoms. The van der Waals surface area contributed by atoms with Crippen LogP contribution in [0.25, 0.3) is 0 Å². The Morgan fingerprint density at radius 3 is 2.52 bits per heavy atom. The number of carbonyl (C=O) groups excluding carboxylic acids is 1. The number of benzene rings is 1. The van der Waals surface area contributed by atoms with Gasteiger partial charge in [-0.05, 0) is 50.8 Å². The minimum absolute atomic E-state index is 0.210. The van der Waals surface area contributed by atoms with E-state index in [1.807, 2.05) is 24.0 Å². The molecule has 6 nitrogen and oxygen atoms in total. The van der Waals surface area contributed by atoms with Gasteiger partial charge in [0.2, 0.25) is 15.9 Å². The van der Waals surface area contributed by atoms with Gasteiger partial charge in [-0.15, -0.1) is 0 Å². The van der Waals surface area contributed by atoms with Crippen molar-refractivity contribution in [3.63, 3.8) is 0 Å². The summed E-state index contributed by atoms with van der Waals surface area (Å²) >= 11 is 0. The third-order valence-electron chi connectivity index (χ3n) is 5.82. The summed E-state index contributed by atoms with van der Waals surface area (Å²) in [4.78, 5) is 17.1. The Bertz CT molecular complexity index is 757. The molecule has 0 spiro atoms. The van der Waals surface area contributed by atoms with Crippen molar-refractivity contribution >= 4 is 15.9 Å². The van der Waals surface area contributed by atoms with Gasteiger partial charge in [-0.2, -0.15) is 4.31 Å². The molecule has 2 aliphatic rings. The Morgan fingerprint density at radius 1 is 1.11 bits per heavy atom. The highest BCUT2D eigenvalue weighted by molar-refractivity contribution is 7.89. The number of aryl methyl sites for hydroxylation is 1. The molecule has 0 aliphatic carbocycles. The molecule has 0 aromatic heterocycles. The van der Waals surface area contributed by atoms with Gasteiger partial charge in [0, 0.05) is 45.7 Å². The quantitative estimate of drug-likeness (QED) is 0.767. The Hall–Kier alpha value is -1.44. The molecule has 3 rings (SSSR count). The first-order chi connectivity index (χ1) is 12.9. The highest BCUT2D eigenvalue weighted by atomic mass is 32.2. The molecule has 0 saturated carbocycles. The number of hydrogen-bond donors (Lipinski definition) is 0. The molecule has 0 N–H and O–H groups in total. The third-order valence-corrected chi connectivity index (χ3v) is 7.84. The molecule has 1 aromatic carbocycles. The lowest BCUT2D eigenvalue weighted by Gasteiger charge is -2.34. The molecule has 1 amide bonds. The number of carbonyl (C=O) groups is 1. The van der Waals surface area contributed by atoms with Gasteiger partial charge in [-0.1, -0.05) is 18.2 Å². The number of hydrogen-bond acceptors (Lipinski definition) is 4. The number of rotatable bonds is 5. The van der Waals surface area contributed by atoms with Crippen LogP contribution in [0, 0.1) is 12.8 Å². The minimum atomic E-state index is -3.46. The van der Waals surface area contributed by atoms with Crippen LogP contribution in [0.4, 0.5) is 0 Å². The number of piperidine rings is 1. The summed E-state index contributed by atoms with van der Waals surface area (Å²) in [6, 6.07) is 7.15. The fraction of sp³-hybridized carbons (Fsp3) is 0.650. The van der Waals surface area contributed by atoms with Crippen molar-refractivity contribution in [3.05, 3.63) is 29.8 Å². The summed E-state index contributed by atoms with van der Waals surface area (Å²) in [5.74, 6) is 0.468. The lowest BCUT2D eigenvalue weighted by molar-refractivity contribution is -0.133. The van der Waals surface area contributed by atoms with Crippen LogP contribution in [0.15, 0.2) is 29.2 Å². The fourth-order valence-electron chi connectivity index (χ4n) is 4.01. The van der Waals surface area contributed by atoms with Crippen LogP contribution in [-0.2, 0) is 14.8 Å². The van der Waals surface area contributed by atoms with Gasteiger partial charge in [0.1, 0.15) is 0 Å². The Morgan fingerprint density at radius 2 is 1.81 bits per heavy atom. The van der Waals surface area contributed by atoms with E-state index >= 15 is 0 Å². The van der Waals surface area contributed by atoms with Crippen molar-refractivity contribution < 1.29 is 13.2 Å². The van der Waals surface area contributed by atoms with Crippen LogP contribution >= 0.6 is 0 Å². The normalized spacial score (nSPS) is 22.7. The molecule has 1 atom stereocenters. The predicted octanol–water partition coefficient (Wildman–Crippen LogP) is 1.95. The standard InChI is InChI=1S/C20H31N3O3S/c1-17-6-3-4-8-19(17)27(25,26)23-11-5-7-18(16-23)9-10-20(24)22-14-12-21(2)13-15-22/h3-4,6,8,18H,5,7,9-16H2,1-2H3. The van der Waals surface area contributed by atoms with E-state index < -0.39 is 10.0 Å². The van der Waals surface area contributed by atoms with Crippen molar-refractivity contribution in [2.75, 3.05) is 46.3 Å². The third kappa shape index (κ3) is 4.89. The van der Waals surface area contributed by atoms with Gasteiger partial charge in [0.25, 0.3) is 0 Å². The molecule has 2 heterocycles. The second-order valence-electron chi connectivity index (χ2n) is 7.86. The van der Waals surface area contributed by atoms with Gasteiger partial charge in [-0.25, -0.2) is 8.42 Å². The van der Waals surface area contributed by atoms with Crippen LogP contribution in [-0.4, -0.2) is 74.7 Å². The topological polar surface area (TPSA) is 60.9 Å². The van der Waals surface area contributed by atoms with Crippen LogP contribution in [0.5, 0.6) is 0 Å². The highest BCUT2D eigenvalue weighted by Gasteiger charge is 2.31. The van der Waals surface area contributed by atoms with E-state index in [0.29, 0.717) is 24.4 Å². The Balaban J connectivity index is 1.56. The smallest absolute Gasteiger partial charge is 0.243 e. The second-order valence-corrected chi connectivity index (χ2v) is 9.77. The minimum Gasteiger partial charge on any atom is -0.340 e. The molecular weight excluding hydrogens is 362 g/mol. The lowest BCUT2D eigenvalue weighted by atomic mass is 9.94. The summed E-state index contributed by atoms with van der Waals surface area (Å²) in [6.07, 6.45) is 3.14. The Kier molecular flexibility index (Phi) is 6.55. The molecule has 7 heteroatoms. The monoisotopic (exact) mass is 393 g/mol. The van der Waals surface area contributed by atoms with Crippen molar-refractivity contribution in [2.45, 2.75) is 37.5 Å². The number of piperazine rings is 1. The molecule has 2 aliphatic heterocycles. The van der Waals surface area contributed by atoms with E-state index in [1.165, 1.54) is 0 Å². The van der Waals surface area contributed by atoms with E-state index in [0.717, 1.165) is 51.0 Å². The number of amides is 1. The second kappa shape index (κ2) is 8.71. The summed E-state index contributed by atoms with van der Waals surface area (Å²) in [5.41, 5.74) is 0.782. The van der Waals surface area contributed by atoms with E-state index in [2.05, 4.69) is 11.9 Å². The molecule has 2 fully saturated rings.